The lowest BCUT2D eigenvalue weighted by atomic mass is 10.0. The van der Waals surface area contributed by atoms with Gasteiger partial charge in [-0.3, -0.25) is 4.79 Å². The molecule has 3 rings (SSSR count). The van der Waals surface area contributed by atoms with Crippen molar-refractivity contribution in [2.24, 2.45) is 0 Å². The lowest BCUT2D eigenvalue weighted by Gasteiger charge is -2.16. The summed E-state index contributed by atoms with van der Waals surface area (Å²) in [5, 5.41) is 6.21. The van der Waals surface area contributed by atoms with Gasteiger partial charge < -0.3 is 15.4 Å². The smallest absolute Gasteiger partial charge is 0.265 e. The van der Waals surface area contributed by atoms with Gasteiger partial charge in [0.15, 0.2) is 6.10 Å². The first kappa shape index (κ1) is 19.5. The lowest BCUT2D eigenvalue weighted by molar-refractivity contribution is -0.122. The minimum atomic E-state index is -0.591. The van der Waals surface area contributed by atoms with Crippen molar-refractivity contribution in [2.45, 2.75) is 32.8 Å². The Kier molecular flexibility index (Phi) is 6.33. The first-order valence-corrected chi connectivity index (χ1v) is 9.51. The molecular weight excluding hydrogens is 348 g/mol. The summed E-state index contributed by atoms with van der Waals surface area (Å²) in [6.07, 6.45) is -0.591. The number of rotatable bonds is 7. The van der Waals surface area contributed by atoms with E-state index in [-0.39, 0.29) is 5.91 Å². The van der Waals surface area contributed by atoms with E-state index in [1.807, 2.05) is 78.9 Å². The number of carbonyl (C=O) groups is 1. The van der Waals surface area contributed by atoms with Crippen molar-refractivity contribution in [1.29, 1.82) is 0 Å². The Morgan fingerprint density at radius 2 is 1.32 bits per heavy atom. The van der Waals surface area contributed by atoms with Gasteiger partial charge in [-0.15, -0.1) is 0 Å². The summed E-state index contributed by atoms with van der Waals surface area (Å²) in [7, 11) is 0. The third-order valence-electron chi connectivity index (χ3n) is 4.44. The molecule has 0 aliphatic rings. The van der Waals surface area contributed by atoms with E-state index in [1.165, 1.54) is 5.56 Å². The maximum Gasteiger partial charge on any atom is 0.265 e. The summed E-state index contributed by atoms with van der Waals surface area (Å²) in [5.74, 6) is 0.972. The highest BCUT2D eigenvalue weighted by Gasteiger charge is 2.15. The Bertz CT molecular complexity index is 888. The van der Waals surface area contributed by atoms with Gasteiger partial charge in [0, 0.05) is 17.1 Å². The molecule has 0 heterocycles. The molecule has 1 amide bonds. The second kappa shape index (κ2) is 9.09. The first-order valence-electron chi connectivity index (χ1n) is 9.51. The fraction of sp³-hybridized carbons (Fsp3) is 0.208. The molecule has 1 atom stereocenters. The number of anilines is 3. The van der Waals surface area contributed by atoms with Crippen LogP contribution in [-0.4, -0.2) is 12.0 Å². The van der Waals surface area contributed by atoms with Gasteiger partial charge in [-0.25, -0.2) is 0 Å². The highest BCUT2D eigenvalue weighted by molar-refractivity contribution is 5.94. The Labute approximate surface area is 166 Å². The van der Waals surface area contributed by atoms with Gasteiger partial charge in [-0.1, -0.05) is 44.2 Å². The number of nitrogens with one attached hydrogen (secondary N) is 2. The molecule has 0 fully saturated rings. The molecule has 28 heavy (non-hydrogen) atoms. The fourth-order valence-electron chi connectivity index (χ4n) is 2.76. The van der Waals surface area contributed by atoms with E-state index < -0.39 is 6.10 Å². The second-order valence-electron chi connectivity index (χ2n) is 7.04. The minimum absolute atomic E-state index is 0.184. The quantitative estimate of drug-likeness (QED) is 0.536. The Hall–Kier alpha value is -3.27. The van der Waals surface area contributed by atoms with Crippen molar-refractivity contribution in [3.05, 3.63) is 84.4 Å². The molecule has 4 heteroatoms. The van der Waals surface area contributed by atoms with Crippen molar-refractivity contribution in [3.63, 3.8) is 0 Å². The molecule has 0 saturated heterocycles. The maximum absolute atomic E-state index is 12.4. The monoisotopic (exact) mass is 374 g/mol. The van der Waals surface area contributed by atoms with Gasteiger partial charge in [0.05, 0.1) is 0 Å². The molecule has 2 N–H and O–H groups in total. The van der Waals surface area contributed by atoms with Crippen LogP contribution in [0.2, 0.25) is 0 Å². The number of benzene rings is 3. The van der Waals surface area contributed by atoms with Gasteiger partial charge in [-0.2, -0.15) is 0 Å². The molecule has 3 aromatic rings. The Morgan fingerprint density at radius 1 is 0.750 bits per heavy atom. The van der Waals surface area contributed by atoms with Crippen LogP contribution in [0.3, 0.4) is 0 Å². The van der Waals surface area contributed by atoms with E-state index in [0.717, 1.165) is 17.1 Å². The van der Waals surface area contributed by atoms with E-state index in [0.29, 0.717) is 11.7 Å². The second-order valence-corrected chi connectivity index (χ2v) is 7.04. The average Bonchev–Trinajstić information content (AvgIpc) is 2.70. The number of hydrogen-bond acceptors (Lipinski definition) is 3. The average molecular weight is 374 g/mol. The molecule has 0 bridgehead atoms. The molecule has 0 radical (unpaired) electrons. The summed E-state index contributed by atoms with van der Waals surface area (Å²) in [4.78, 5) is 12.4. The normalized spacial score (nSPS) is 11.7. The van der Waals surface area contributed by atoms with Gasteiger partial charge in [0.1, 0.15) is 5.75 Å². The van der Waals surface area contributed by atoms with E-state index in [9.17, 15) is 4.79 Å². The summed E-state index contributed by atoms with van der Waals surface area (Å²) < 4.78 is 5.76. The highest BCUT2D eigenvalue weighted by atomic mass is 16.5. The number of carbonyl (C=O) groups excluding carboxylic acids is 1. The van der Waals surface area contributed by atoms with Crippen molar-refractivity contribution in [3.8, 4) is 5.75 Å². The molecule has 0 aliphatic heterocycles. The molecule has 0 saturated carbocycles. The number of hydrogen-bond donors (Lipinski definition) is 2. The number of para-hydroxylation sites is 1. The van der Waals surface area contributed by atoms with Crippen molar-refractivity contribution < 1.29 is 9.53 Å². The van der Waals surface area contributed by atoms with Crippen LogP contribution in [0.1, 0.15) is 32.3 Å². The van der Waals surface area contributed by atoms with Crippen molar-refractivity contribution in [2.75, 3.05) is 10.6 Å². The molecule has 0 spiro atoms. The molecule has 0 aromatic heterocycles. The van der Waals surface area contributed by atoms with Crippen LogP contribution in [0, 0.1) is 0 Å². The van der Waals surface area contributed by atoms with E-state index in [2.05, 4.69) is 24.5 Å². The molecule has 0 unspecified atom stereocenters. The third-order valence-corrected chi connectivity index (χ3v) is 4.44. The van der Waals surface area contributed by atoms with Crippen LogP contribution in [0.25, 0.3) is 0 Å². The molecule has 3 aromatic carbocycles. The topological polar surface area (TPSA) is 50.4 Å². The van der Waals surface area contributed by atoms with Gasteiger partial charge >= 0.3 is 0 Å². The van der Waals surface area contributed by atoms with E-state index >= 15 is 0 Å². The zero-order valence-electron chi connectivity index (χ0n) is 16.5. The van der Waals surface area contributed by atoms with Crippen molar-refractivity contribution in [1.82, 2.24) is 0 Å². The van der Waals surface area contributed by atoms with Crippen LogP contribution >= 0.6 is 0 Å². The summed E-state index contributed by atoms with van der Waals surface area (Å²) >= 11 is 0. The molecule has 0 aliphatic carbocycles. The number of ether oxygens (including phenoxy) is 1. The highest BCUT2D eigenvalue weighted by Crippen LogP contribution is 2.21. The minimum Gasteiger partial charge on any atom is -0.481 e. The Balaban J connectivity index is 1.54. The number of amides is 1. The van der Waals surface area contributed by atoms with Gasteiger partial charge in [0.25, 0.3) is 5.91 Å². The summed E-state index contributed by atoms with van der Waals surface area (Å²) in [5.41, 5.74) is 3.95. The Morgan fingerprint density at radius 3 is 1.93 bits per heavy atom. The van der Waals surface area contributed by atoms with Crippen LogP contribution in [-0.2, 0) is 4.79 Å². The van der Waals surface area contributed by atoms with E-state index in [1.54, 1.807) is 6.92 Å². The van der Waals surface area contributed by atoms with Crippen LogP contribution in [0.15, 0.2) is 78.9 Å². The van der Waals surface area contributed by atoms with Gasteiger partial charge in [0.2, 0.25) is 0 Å². The predicted octanol–water partition coefficient (Wildman–Crippen LogP) is 5.96. The van der Waals surface area contributed by atoms with Gasteiger partial charge in [-0.05, 0) is 66.9 Å². The first-order chi connectivity index (χ1) is 13.5. The third kappa shape index (κ3) is 5.36. The van der Waals surface area contributed by atoms with Crippen LogP contribution in [0.4, 0.5) is 17.1 Å². The SMILES string of the molecule is CC(C)c1ccc(O[C@H](C)C(=O)Nc2ccc(Nc3ccccc3)cc2)cc1. The van der Waals surface area contributed by atoms with Crippen molar-refractivity contribution >= 4 is 23.0 Å². The standard InChI is InChI=1S/C24H26N2O2/c1-17(2)19-9-15-23(16-10-19)28-18(3)24(27)26-22-13-11-21(12-14-22)25-20-7-5-4-6-8-20/h4-18,25H,1-3H3,(H,26,27)/t18-/m1/s1. The lowest BCUT2D eigenvalue weighted by Crippen LogP contribution is -2.30. The summed E-state index contributed by atoms with van der Waals surface area (Å²) in [6, 6.07) is 25.4. The van der Waals surface area contributed by atoms with Crippen LogP contribution < -0.4 is 15.4 Å². The zero-order valence-corrected chi connectivity index (χ0v) is 16.5. The predicted molar refractivity (Wildman–Crippen MR) is 115 cm³/mol. The van der Waals surface area contributed by atoms with E-state index in [4.69, 9.17) is 4.74 Å². The summed E-state index contributed by atoms with van der Waals surface area (Å²) in [6.45, 7) is 6.04. The maximum atomic E-state index is 12.4. The fourth-order valence-corrected chi connectivity index (χ4v) is 2.76. The molecular formula is C24H26N2O2. The largest absolute Gasteiger partial charge is 0.481 e. The molecule has 144 valence electrons. The zero-order chi connectivity index (χ0) is 19.9. The molecule has 4 nitrogen and oxygen atoms in total. The van der Waals surface area contributed by atoms with Crippen LogP contribution in [0.5, 0.6) is 5.75 Å².